The summed E-state index contributed by atoms with van der Waals surface area (Å²) in [6.07, 6.45) is 4.04. The van der Waals surface area contributed by atoms with Crippen LogP contribution in [0.15, 0.2) is 18.3 Å². The summed E-state index contributed by atoms with van der Waals surface area (Å²) in [6, 6.07) is 4.35. The van der Waals surface area contributed by atoms with Gasteiger partial charge in [0.1, 0.15) is 5.82 Å². The number of aromatic nitrogens is 1. The van der Waals surface area contributed by atoms with Crippen LogP contribution < -0.4 is 10.2 Å². The lowest BCUT2D eigenvalue weighted by Gasteiger charge is -2.26. The van der Waals surface area contributed by atoms with Gasteiger partial charge in [-0.05, 0) is 31.4 Å². The smallest absolute Gasteiger partial charge is 0.133 e. The maximum Gasteiger partial charge on any atom is 0.133 e. The van der Waals surface area contributed by atoms with Gasteiger partial charge in [-0.25, -0.2) is 4.98 Å². The van der Waals surface area contributed by atoms with Gasteiger partial charge in [0, 0.05) is 24.8 Å². The molecule has 1 atom stereocenters. The Morgan fingerprint density at radius 3 is 3.11 bits per heavy atom. The summed E-state index contributed by atoms with van der Waals surface area (Å²) < 4.78 is 0. The van der Waals surface area contributed by atoms with Crippen LogP contribution in [0.1, 0.15) is 32.3 Å². The standard InChI is InChI=1S/C15H25N3O/c1-12(2)9-16-10-13-5-3-7-17-15(13)18-8-4-6-14(18)11-19/h3,5,7,12,14,16,19H,4,6,8-11H2,1-2H3. The molecule has 1 aromatic heterocycles. The van der Waals surface area contributed by atoms with Crippen molar-refractivity contribution in [1.82, 2.24) is 10.3 Å². The van der Waals surface area contributed by atoms with Gasteiger partial charge in [0.25, 0.3) is 0 Å². The molecule has 1 unspecified atom stereocenters. The molecule has 1 aromatic rings. The quantitative estimate of drug-likeness (QED) is 0.821. The number of hydrogen-bond donors (Lipinski definition) is 2. The first-order valence-electron chi connectivity index (χ1n) is 7.24. The van der Waals surface area contributed by atoms with E-state index in [1.165, 1.54) is 5.56 Å². The molecule has 4 nitrogen and oxygen atoms in total. The first-order chi connectivity index (χ1) is 9.22. The van der Waals surface area contributed by atoms with E-state index in [9.17, 15) is 5.11 Å². The highest BCUT2D eigenvalue weighted by molar-refractivity contribution is 5.48. The molecule has 2 heterocycles. The van der Waals surface area contributed by atoms with E-state index < -0.39 is 0 Å². The summed E-state index contributed by atoms with van der Waals surface area (Å²) >= 11 is 0. The highest BCUT2D eigenvalue weighted by Crippen LogP contribution is 2.26. The molecule has 0 amide bonds. The van der Waals surface area contributed by atoms with Crippen molar-refractivity contribution in [2.75, 3.05) is 24.6 Å². The Labute approximate surface area is 115 Å². The van der Waals surface area contributed by atoms with E-state index in [0.717, 1.165) is 38.3 Å². The lowest BCUT2D eigenvalue weighted by Crippen LogP contribution is -2.34. The number of aliphatic hydroxyl groups excluding tert-OH is 1. The van der Waals surface area contributed by atoms with E-state index in [4.69, 9.17) is 0 Å². The zero-order valence-corrected chi connectivity index (χ0v) is 12.0. The Morgan fingerprint density at radius 2 is 2.37 bits per heavy atom. The number of anilines is 1. The van der Waals surface area contributed by atoms with Gasteiger partial charge in [-0.15, -0.1) is 0 Å². The van der Waals surface area contributed by atoms with Crippen LogP contribution in [-0.4, -0.2) is 35.8 Å². The summed E-state index contributed by atoms with van der Waals surface area (Å²) in [5.41, 5.74) is 1.23. The van der Waals surface area contributed by atoms with Crippen LogP contribution in [0.2, 0.25) is 0 Å². The van der Waals surface area contributed by atoms with Crippen LogP contribution >= 0.6 is 0 Å². The van der Waals surface area contributed by atoms with Crippen molar-refractivity contribution in [3.05, 3.63) is 23.9 Å². The zero-order chi connectivity index (χ0) is 13.7. The van der Waals surface area contributed by atoms with E-state index in [-0.39, 0.29) is 12.6 Å². The molecule has 2 rings (SSSR count). The predicted octanol–water partition coefficient (Wildman–Crippen LogP) is 1.79. The van der Waals surface area contributed by atoms with Crippen LogP contribution in [0.25, 0.3) is 0 Å². The van der Waals surface area contributed by atoms with Gasteiger partial charge < -0.3 is 15.3 Å². The van der Waals surface area contributed by atoms with Gasteiger partial charge in [-0.3, -0.25) is 0 Å². The predicted molar refractivity (Wildman–Crippen MR) is 78.2 cm³/mol. The van der Waals surface area contributed by atoms with Crippen molar-refractivity contribution >= 4 is 5.82 Å². The Morgan fingerprint density at radius 1 is 1.53 bits per heavy atom. The topological polar surface area (TPSA) is 48.4 Å². The van der Waals surface area contributed by atoms with E-state index in [1.54, 1.807) is 0 Å². The minimum atomic E-state index is 0.218. The molecule has 19 heavy (non-hydrogen) atoms. The molecule has 0 spiro atoms. The molecule has 0 radical (unpaired) electrons. The van der Waals surface area contributed by atoms with Gasteiger partial charge in [0.15, 0.2) is 0 Å². The van der Waals surface area contributed by atoms with Crippen LogP contribution in [0, 0.1) is 5.92 Å². The Bertz CT molecular complexity index is 395. The van der Waals surface area contributed by atoms with Crippen molar-refractivity contribution in [1.29, 1.82) is 0 Å². The van der Waals surface area contributed by atoms with E-state index in [1.807, 2.05) is 12.3 Å². The van der Waals surface area contributed by atoms with E-state index in [0.29, 0.717) is 5.92 Å². The lowest BCUT2D eigenvalue weighted by molar-refractivity contribution is 0.266. The van der Waals surface area contributed by atoms with Gasteiger partial charge >= 0.3 is 0 Å². The van der Waals surface area contributed by atoms with Crippen LogP contribution in [-0.2, 0) is 6.54 Å². The second kappa shape index (κ2) is 6.87. The first kappa shape index (κ1) is 14.3. The van der Waals surface area contributed by atoms with Gasteiger partial charge in [0.05, 0.1) is 12.6 Å². The van der Waals surface area contributed by atoms with Crippen LogP contribution in [0.3, 0.4) is 0 Å². The van der Waals surface area contributed by atoms with E-state index in [2.05, 4.69) is 35.1 Å². The van der Waals surface area contributed by atoms with Crippen molar-refractivity contribution < 1.29 is 5.11 Å². The number of pyridine rings is 1. The fourth-order valence-corrected chi connectivity index (χ4v) is 2.63. The van der Waals surface area contributed by atoms with Crippen molar-refractivity contribution in [3.63, 3.8) is 0 Å². The van der Waals surface area contributed by atoms with Gasteiger partial charge in [-0.2, -0.15) is 0 Å². The summed E-state index contributed by atoms with van der Waals surface area (Å²) in [5.74, 6) is 1.69. The number of rotatable bonds is 6. The molecule has 1 aliphatic rings. The molecule has 0 bridgehead atoms. The molecule has 4 heteroatoms. The molecule has 2 N–H and O–H groups in total. The average molecular weight is 263 g/mol. The van der Waals surface area contributed by atoms with Gasteiger partial charge in [0.2, 0.25) is 0 Å². The summed E-state index contributed by atoms with van der Waals surface area (Å²) in [4.78, 5) is 6.79. The number of nitrogens with one attached hydrogen (secondary N) is 1. The second-order valence-electron chi connectivity index (χ2n) is 5.68. The normalized spacial score (nSPS) is 19.4. The SMILES string of the molecule is CC(C)CNCc1cccnc1N1CCCC1CO. The fourth-order valence-electron chi connectivity index (χ4n) is 2.63. The highest BCUT2D eigenvalue weighted by Gasteiger charge is 2.26. The number of hydrogen-bond acceptors (Lipinski definition) is 4. The molecule has 0 aliphatic carbocycles. The Kier molecular flexibility index (Phi) is 5.16. The second-order valence-corrected chi connectivity index (χ2v) is 5.68. The zero-order valence-electron chi connectivity index (χ0n) is 12.0. The maximum atomic E-state index is 9.45. The van der Waals surface area contributed by atoms with Gasteiger partial charge in [-0.1, -0.05) is 19.9 Å². The van der Waals surface area contributed by atoms with Crippen LogP contribution in [0.5, 0.6) is 0 Å². The van der Waals surface area contributed by atoms with Crippen molar-refractivity contribution in [2.24, 2.45) is 5.92 Å². The molecule has 0 aromatic carbocycles. The third kappa shape index (κ3) is 3.67. The summed E-state index contributed by atoms with van der Waals surface area (Å²) in [5, 5.41) is 12.9. The third-order valence-corrected chi connectivity index (χ3v) is 3.60. The monoisotopic (exact) mass is 263 g/mol. The molecule has 1 aliphatic heterocycles. The Hall–Kier alpha value is -1.13. The molecule has 0 saturated carbocycles. The Balaban J connectivity index is 2.07. The maximum absolute atomic E-state index is 9.45. The van der Waals surface area contributed by atoms with Crippen LogP contribution in [0.4, 0.5) is 5.82 Å². The minimum Gasteiger partial charge on any atom is -0.394 e. The van der Waals surface area contributed by atoms with E-state index >= 15 is 0 Å². The minimum absolute atomic E-state index is 0.218. The third-order valence-electron chi connectivity index (χ3n) is 3.60. The summed E-state index contributed by atoms with van der Waals surface area (Å²) in [7, 11) is 0. The van der Waals surface area contributed by atoms with Crippen molar-refractivity contribution in [2.45, 2.75) is 39.3 Å². The fraction of sp³-hybridized carbons (Fsp3) is 0.667. The molecule has 1 saturated heterocycles. The van der Waals surface area contributed by atoms with Crippen molar-refractivity contribution in [3.8, 4) is 0 Å². The molecule has 106 valence electrons. The molecular formula is C15H25N3O. The number of nitrogens with zero attached hydrogens (tertiary/aromatic N) is 2. The first-order valence-corrected chi connectivity index (χ1v) is 7.24. The molecule has 1 fully saturated rings. The average Bonchev–Trinajstić information content (AvgIpc) is 2.87. The highest BCUT2D eigenvalue weighted by atomic mass is 16.3. The summed E-state index contributed by atoms with van der Waals surface area (Å²) in [6.45, 7) is 7.49. The molecular weight excluding hydrogens is 238 g/mol. The largest absolute Gasteiger partial charge is 0.394 e. The lowest BCUT2D eigenvalue weighted by atomic mass is 10.2. The number of aliphatic hydroxyl groups is 1.